The summed E-state index contributed by atoms with van der Waals surface area (Å²) >= 11 is 0. The third-order valence-corrected chi connectivity index (χ3v) is 6.97. The molecule has 2 saturated heterocycles. The summed E-state index contributed by atoms with van der Waals surface area (Å²) in [6, 6.07) is 8.31. The number of likely N-dealkylation sites (tertiary alicyclic amines) is 1. The number of fused-ring (bicyclic) bond motifs is 1. The summed E-state index contributed by atoms with van der Waals surface area (Å²) in [6.07, 6.45) is 6.85. The van der Waals surface area contributed by atoms with Crippen LogP contribution >= 0.6 is 0 Å². The van der Waals surface area contributed by atoms with Crippen LogP contribution in [-0.4, -0.2) is 75.8 Å². The second-order valence-corrected chi connectivity index (χ2v) is 9.06. The maximum Gasteiger partial charge on any atom is 0.257 e. The molecule has 0 unspecified atom stereocenters. The zero-order valence-electron chi connectivity index (χ0n) is 19.1. The van der Waals surface area contributed by atoms with Crippen LogP contribution in [0.5, 0.6) is 0 Å². The zero-order valence-corrected chi connectivity index (χ0v) is 19.1. The van der Waals surface area contributed by atoms with E-state index in [1.54, 1.807) is 6.20 Å². The number of piperidine rings is 1. The van der Waals surface area contributed by atoms with E-state index < -0.39 is 0 Å². The first kappa shape index (κ1) is 21.7. The van der Waals surface area contributed by atoms with Crippen molar-refractivity contribution in [2.24, 2.45) is 7.05 Å². The number of aromatic nitrogens is 3. The van der Waals surface area contributed by atoms with Crippen LogP contribution in [0.3, 0.4) is 0 Å². The van der Waals surface area contributed by atoms with Gasteiger partial charge in [-0.3, -0.25) is 14.7 Å². The smallest absolute Gasteiger partial charge is 0.257 e. The number of nitrogens with zero attached hydrogens (tertiary/aromatic N) is 4. The maximum atomic E-state index is 13.1. The molecule has 3 aromatic rings. The molecule has 1 aromatic carbocycles. The van der Waals surface area contributed by atoms with Crippen molar-refractivity contribution in [3.63, 3.8) is 0 Å². The third-order valence-electron chi connectivity index (χ3n) is 6.97. The number of carbonyl (C=O) groups excluding carboxylic acids is 2. The van der Waals surface area contributed by atoms with Crippen molar-refractivity contribution in [3.05, 3.63) is 53.5 Å². The molecular formula is C25H31N5O3. The summed E-state index contributed by atoms with van der Waals surface area (Å²) < 4.78 is 7.49. The highest BCUT2D eigenvalue weighted by atomic mass is 16.5. The van der Waals surface area contributed by atoms with Gasteiger partial charge in [-0.2, -0.15) is 5.10 Å². The number of nitrogens with one attached hydrogen (secondary N) is 1. The van der Waals surface area contributed by atoms with Crippen molar-refractivity contribution in [1.82, 2.24) is 24.6 Å². The first-order valence-corrected chi connectivity index (χ1v) is 11.8. The number of aryl methyl sites for hydroxylation is 2. The molecule has 2 aromatic heterocycles. The third kappa shape index (κ3) is 4.39. The van der Waals surface area contributed by atoms with Crippen molar-refractivity contribution in [3.8, 4) is 0 Å². The van der Waals surface area contributed by atoms with Crippen molar-refractivity contribution in [2.75, 3.05) is 39.4 Å². The van der Waals surface area contributed by atoms with Gasteiger partial charge in [-0.15, -0.1) is 0 Å². The molecule has 0 saturated carbocycles. The van der Waals surface area contributed by atoms with E-state index in [9.17, 15) is 9.59 Å². The van der Waals surface area contributed by atoms with Crippen molar-refractivity contribution >= 4 is 22.7 Å². The minimum atomic E-state index is 0.00135. The Morgan fingerprint density at radius 3 is 2.82 bits per heavy atom. The van der Waals surface area contributed by atoms with Crippen LogP contribution in [0, 0.1) is 0 Å². The fraction of sp³-hybridized carbons (Fsp3) is 0.480. The molecule has 2 amide bonds. The van der Waals surface area contributed by atoms with Crippen molar-refractivity contribution in [2.45, 2.75) is 31.6 Å². The van der Waals surface area contributed by atoms with Crippen LogP contribution in [-0.2, 0) is 23.0 Å². The minimum absolute atomic E-state index is 0.00135. The van der Waals surface area contributed by atoms with Crippen LogP contribution in [0.1, 0.15) is 46.8 Å². The van der Waals surface area contributed by atoms with Gasteiger partial charge in [0.1, 0.15) is 0 Å². The molecule has 4 heterocycles. The Labute approximate surface area is 193 Å². The monoisotopic (exact) mass is 449 g/mol. The molecule has 33 heavy (non-hydrogen) atoms. The molecule has 8 nitrogen and oxygen atoms in total. The van der Waals surface area contributed by atoms with E-state index >= 15 is 0 Å². The van der Waals surface area contributed by atoms with E-state index in [0.29, 0.717) is 44.8 Å². The van der Waals surface area contributed by atoms with Crippen LogP contribution < -0.4 is 0 Å². The predicted octanol–water partition coefficient (Wildman–Crippen LogP) is 2.71. The fourth-order valence-electron chi connectivity index (χ4n) is 5.18. The number of H-pyrrole nitrogens is 1. The molecule has 0 bridgehead atoms. The second-order valence-electron chi connectivity index (χ2n) is 9.06. The van der Waals surface area contributed by atoms with Gasteiger partial charge in [0.2, 0.25) is 5.91 Å². The van der Waals surface area contributed by atoms with Crippen LogP contribution in [0.2, 0.25) is 0 Å². The summed E-state index contributed by atoms with van der Waals surface area (Å²) in [5.41, 5.74) is 3.89. The van der Waals surface area contributed by atoms with Gasteiger partial charge in [0.15, 0.2) is 0 Å². The van der Waals surface area contributed by atoms with E-state index in [1.165, 1.54) is 16.5 Å². The van der Waals surface area contributed by atoms with Gasteiger partial charge in [-0.1, -0.05) is 18.2 Å². The number of carbonyl (C=O) groups is 2. The van der Waals surface area contributed by atoms with E-state index in [0.717, 1.165) is 31.5 Å². The lowest BCUT2D eigenvalue weighted by atomic mass is 9.92. The summed E-state index contributed by atoms with van der Waals surface area (Å²) in [5.74, 6) is 0.275. The number of rotatable bonds is 5. The molecule has 174 valence electrons. The SMILES string of the molecule is Cn1cc(CCC(=O)N2CCC[C@H](c3[nH]ncc3C(=O)N3CCOCC3)C2)c2ccccc21. The lowest BCUT2D eigenvalue weighted by Crippen LogP contribution is -2.42. The maximum absolute atomic E-state index is 13.1. The Morgan fingerprint density at radius 1 is 1.15 bits per heavy atom. The van der Waals surface area contributed by atoms with Gasteiger partial charge in [-0.25, -0.2) is 0 Å². The predicted molar refractivity (Wildman–Crippen MR) is 125 cm³/mol. The number of para-hydroxylation sites is 1. The average molecular weight is 450 g/mol. The second kappa shape index (κ2) is 9.39. The molecule has 5 rings (SSSR count). The molecule has 2 aliphatic rings. The molecule has 0 radical (unpaired) electrons. The standard InChI is InChI=1S/C25H31N5O3/c1-28-16-18(20-6-2-3-7-22(20)28)8-9-23(31)30-10-4-5-19(17-30)24-21(15-26-27-24)25(32)29-11-13-33-14-12-29/h2-3,6-7,15-16,19H,4-5,8-14,17H2,1H3,(H,26,27)/t19-/m0/s1. The Morgan fingerprint density at radius 2 is 1.97 bits per heavy atom. The first-order valence-electron chi connectivity index (χ1n) is 11.8. The lowest BCUT2D eigenvalue weighted by molar-refractivity contribution is -0.132. The Hall–Kier alpha value is -3.13. The van der Waals surface area contributed by atoms with Crippen LogP contribution in [0.25, 0.3) is 10.9 Å². The average Bonchev–Trinajstić information content (AvgIpc) is 3.48. The van der Waals surface area contributed by atoms with Crippen molar-refractivity contribution < 1.29 is 14.3 Å². The highest BCUT2D eigenvalue weighted by molar-refractivity contribution is 5.95. The first-order chi connectivity index (χ1) is 16.1. The number of amides is 2. The number of hydrogen-bond acceptors (Lipinski definition) is 4. The van der Waals surface area contributed by atoms with Crippen LogP contribution in [0.15, 0.2) is 36.7 Å². The molecular weight excluding hydrogens is 418 g/mol. The fourth-order valence-corrected chi connectivity index (χ4v) is 5.18. The van der Waals surface area contributed by atoms with Gasteiger partial charge >= 0.3 is 0 Å². The number of ether oxygens (including phenoxy) is 1. The van der Waals surface area contributed by atoms with Gasteiger partial charge in [-0.05, 0) is 30.9 Å². The van der Waals surface area contributed by atoms with E-state index in [4.69, 9.17) is 4.74 Å². The van der Waals surface area contributed by atoms with Crippen molar-refractivity contribution in [1.29, 1.82) is 0 Å². The molecule has 1 N–H and O–H groups in total. The molecule has 8 heteroatoms. The quantitative estimate of drug-likeness (QED) is 0.649. The Kier molecular flexibility index (Phi) is 6.17. The minimum Gasteiger partial charge on any atom is -0.378 e. The summed E-state index contributed by atoms with van der Waals surface area (Å²) in [4.78, 5) is 29.9. The topological polar surface area (TPSA) is 83.5 Å². The van der Waals surface area contributed by atoms with Crippen LogP contribution in [0.4, 0.5) is 0 Å². The molecule has 0 spiro atoms. The lowest BCUT2D eigenvalue weighted by Gasteiger charge is -2.33. The summed E-state index contributed by atoms with van der Waals surface area (Å²) in [7, 11) is 2.04. The number of benzene rings is 1. The van der Waals surface area contributed by atoms with E-state index in [-0.39, 0.29) is 17.7 Å². The summed E-state index contributed by atoms with van der Waals surface area (Å²) in [6.45, 7) is 3.74. The highest BCUT2D eigenvalue weighted by Gasteiger charge is 2.30. The Balaban J connectivity index is 1.24. The Bertz CT molecular complexity index is 1140. The summed E-state index contributed by atoms with van der Waals surface area (Å²) in [5, 5.41) is 8.46. The molecule has 2 fully saturated rings. The normalized spacial score (nSPS) is 19.2. The zero-order chi connectivity index (χ0) is 22.8. The highest BCUT2D eigenvalue weighted by Crippen LogP contribution is 2.29. The van der Waals surface area contributed by atoms with E-state index in [1.807, 2.05) is 29.0 Å². The van der Waals surface area contributed by atoms with Gasteiger partial charge in [0.05, 0.1) is 30.7 Å². The van der Waals surface area contributed by atoms with Gasteiger partial charge in [0.25, 0.3) is 5.91 Å². The molecule has 2 aliphatic heterocycles. The van der Waals surface area contributed by atoms with Gasteiger partial charge in [0, 0.05) is 62.7 Å². The van der Waals surface area contributed by atoms with E-state index in [2.05, 4.69) is 33.1 Å². The number of morpholine rings is 1. The number of aromatic amines is 1. The largest absolute Gasteiger partial charge is 0.378 e. The molecule has 0 aliphatic carbocycles. The number of hydrogen-bond donors (Lipinski definition) is 1. The molecule has 1 atom stereocenters. The van der Waals surface area contributed by atoms with Gasteiger partial charge < -0.3 is 19.1 Å².